The van der Waals surface area contributed by atoms with E-state index >= 15 is 0 Å². The number of nitrogen functional groups attached to an aromatic ring is 1. The number of anilines is 1. The predicted octanol–water partition coefficient (Wildman–Crippen LogP) is 3.07. The molecule has 1 aromatic heterocycles. The molecule has 5 nitrogen and oxygen atoms in total. The van der Waals surface area contributed by atoms with Gasteiger partial charge in [-0.1, -0.05) is 23.2 Å². The molecule has 1 heterocycles. The molecule has 2 aromatic rings. The lowest BCUT2D eigenvalue weighted by atomic mass is 10.3. The molecule has 0 bridgehead atoms. The van der Waals surface area contributed by atoms with Crippen LogP contribution in [-0.2, 0) is 22.1 Å². The number of hydrogen-bond donors (Lipinski definition) is 1. The largest absolute Gasteiger partial charge is 0.399 e. The Morgan fingerprint density at radius 1 is 1.33 bits per heavy atom. The zero-order valence-electron chi connectivity index (χ0n) is 11.6. The van der Waals surface area contributed by atoms with E-state index in [0.29, 0.717) is 28.6 Å². The maximum absolute atomic E-state index is 12.5. The predicted molar refractivity (Wildman–Crippen MR) is 84.4 cm³/mol. The maximum atomic E-state index is 12.5. The Morgan fingerprint density at radius 2 is 2.00 bits per heavy atom. The maximum Gasteiger partial charge on any atom is 0.185 e. The van der Waals surface area contributed by atoms with Gasteiger partial charge in [-0.15, -0.1) is 0 Å². The van der Waals surface area contributed by atoms with Gasteiger partial charge in [-0.25, -0.2) is 8.42 Å². The number of sulfone groups is 1. The van der Waals surface area contributed by atoms with Crippen LogP contribution in [0, 0.1) is 6.92 Å². The van der Waals surface area contributed by atoms with Crippen molar-refractivity contribution in [2.45, 2.75) is 31.0 Å². The smallest absolute Gasteiger partial charge is 0.185 e. The molecule has 21 heavy (non-hydrogen) atoms. The van der Waals surface area contributed by atoms with Crippen LogP contribution in [0.3, 0.4) is 0 Å². The van der Waals surface area contributed by atoms with E-state index in [-0.39, 0.29) is 15.7 Å². The number of hydrogen-bond acceptors (Lipinski definition) is 4. The standard InChI is InChI=1S/C13H15Cl2N3O2S/c1-3-18-11(13(15)8(2)17-18)7-21(19,20)12-5-4-9(16)6-10(12)14/h4-6H,3,7,16H2,1-2H3. The molecule has 0 radical (unpaired) electrons. The number of aromatic nitrogens is 2. The van der Waals surface area contributed by atoms with Crippen molar-refractivity contribution in [2.75, 3.05) is 5.73 Å². The van der Waals surface area contributed by atoms with Gasteiger partial charge in [0.05, 0.1) is 32.1 Å². The first kappa shape index (κ1) is 16.1. The second-order valence-electron chi connectivity index (χ2n) is 4.61. The van der Waals surface area contributed by atoms with Gasteiger partial charge in [0, 0.05) is 12.2 Å². The normalized spacial score (nSPS) is 11.8. The average Bonchev–Trinajstić information content (AvgIpc) is 2.65. The Hall–Kier alpha value is -1.24. The third kappa shape index (κ3) is 3.17. The van der Waals surface area contributed by atoms with Crippen LogP contribution in [0.4, 0.5) is 5.69 Å². The highest BCUT2D eigenvalue weighted by atomic mass is 35.5. The van der Waals surface area contributed by atoms with Crippen molar-refractivity contribution >= 4 is 38.7 Å². The molecular weight excluding hydrogens is 333 g/mol. The second-order valence-corrected chi connectivity index (χ2v) is 7.35. The van der Waals surface area contributed by atoms with Crippen LogP contribution in [0.15, 0.2) is 23.1 Å². The molecule has 0 fully saturated rings. The molecule has 0 spiro atoms. The van der Waals surface area contributed by atoms with E-state index in [9.17, 15) is 8.42 Å². The van der Waals surface area contributed by atoms with Crippen LogP contribution in [0.25, 0.3) is 0 Å². The summed E-state index contributed by atoms with van der Waals surface area (Å²) in [6.07, 6.45) is 0. The Bertz CT molecular complexity index is 785. The summed E-state index contributed by atoms with van der Waals surface area (Å²) in [5, 5.41) is 4.68. The van der Waals surface area contributed by atoms with Gasteiger partial charge in [-0.2, -0.15) is 5.10 Å². The molecule has 0 aliphatic rings. The number of nitrogens with two attached hydrogens (primary N) is 1. The minimum Gasteiger partial charge on any atom is -0.399 e. The van der Waals surface area contributed by atoms with E-state index in [1.807, 2.05) is 6.92 Å². The number of rotatable bonds is 4. The van der Waals surface area contributed by atoms with Crippen LogP contribution < -0.4 is 5.73 Å². The minimum atomic E-state index is -3.64. The Labute approximate surface area is 133 Å². The van der Waals surface area contributed by atoms with Crippen LogP contribution in [0.1, 0.15) is 18.3 Å². The van der Waals surface area contributed by atoms with Gasteiger partial charge in [0.15, 0.2) is 9.84 Å². The molecule has 114 valence electrons. The number of halogens is 2. The van der Waals surface area contributed by atoms with E-state index in [2.05, 4.69) is 5.10 Å². The van der Waals surface area contributed by atoms with Crippen molar-refractivity contribution in [1.82, 2.24) is 9.78 Å². The van der Waals surface area contributed by atoms with Gasteiger partial charge >= 0.3 is 0 Å². The van der Waals surface area contributed by atoms with E-state index in [0.717, 1.165) is 0 Å². The van der Waals surface area contributed by atoms with Crippen LogP contribution in [-0.4, -0.2) is 18.2 Å². The molecule has 8 heteroatoms. The van der Waals surface area contributed by atoms with Crippen molar-refractivity contribution < 1.29 is 8.42 Å². The molecule has 1 aromatic carbocycles. The molecular formula is C13H15Cl2N3O2S. The Morgan fingerprint density at radius 3 is 2.57 bits per heavy atom. The first-order chi connectivity index (χ1) is 9.76. The van der Waals surface area contributed by atoms with E-state index in [1.54, 1.807) is 11.6 Å². The SMILES string of the molecule is CCn1nc(C)c(Cl)c1CS(=O)(=O)c1ccc(N)cc1Cl. The van der Waals surface area contributed by atoms with E-state index < -0.39 is 9.84 Å². The van der Waals surface area contributed by atoms with Gasteiger partial charge in [-0.3, -0.25) is 4.68 Å². The van der Waals surface area contributed by atoms with E-state index in [4.69, 9.17) is 28.9 Å². The monoisotopic (exact) mass is 347 g/mol. The molecule has 0 aliphatic heterocycles. The van der Waals surface area contributed by atoms with Gasteiger partial charge in [-0.05, 0) is 32.0 Å². The number of aryl methyl sites for hydroxylation is 2. The van der Waals surface area contributed by atoms with Crippen LogP contribution in [0.2, 0.25) is 10.0 Å². The first-order valence-electron chi connectivity index (χ1n) is 6.25. The summed E-state index contributed by atoms with van der Waals surface area (Å²) >= 11 is 12.1. The van der Waals surface area contributed by atoms with Crippen molar-refractivity contribution in [3.63, 3.8) is 0 Å². The lowest BCUT2D eigenvalue weighted by Gasteiger charge is -2.09. The van der Waals surface area contributed by atoms with Crippen molar-refractivity contribution in [2.24, 2.45) is 0 Å². The fourth-order valence-electron chi connectivity index (χ4n) is 2.03. The van der Waals surface area contributed by atoms with Crippen LogP contribution in [0.5, 0.6) is 0 Å². The lowest BCUT2D eigenvalue weighted by Crippen LogP contribution is -2.11. The molecule has 2 N–H and O–H groups in total. The molecule has 0 saturated heterocycles. The highest BCUT2D eigenvalue weighted by Gasteiger charge is 2.24. The Kier molecular flexibility index (Phi) is 4.51. The summed E-state index contributed by atoms with van der Waals surface area (Å²) in [4.78, 5) is 0.0379. The van der Waals surface area contributed by atoms with Gasteiger partial charge < -0.3 is 5.73 Å². The van der Waals surface area contributed by atoms with Gasteiger partial charge in [0.25, 0.3) is 0 Å². The lowest BCUT2D eigenvalue weighted by molar-refractivity contribution is 0.585. The molecule has 0 amide bonds. The summed E-state index contributed by atoms with van der Waals surface area (Å²) < 4.78 is 26.7. The molecule has 0 saturated carbocycles. The van der Waals surface area contributed by atoms with Gasteiger partial charge in [0.1, 0.15) is 0 Å². The highest BCUT2D eigenvalue weighted by molar-refractivity contribution is 7.90. The summed E-state index contributed by atoms with van der Waals surface area (Å²) in [6, 6.07) is 4.32. The zero-order chi connectivity index (χ0) is 15.8. The van der Waals surface area contributed by atoms with Crippen molar-refractivity contribution in [3.05, 3.63) is 39.6 Å². The quantitative estimate of drug-likeness (QED) is 0.862. The number of nitrogens with zero attached hydrogens (tertiary/aromatic N) is 2. The highest BCUT2D eigenvalue weighted by Crippen LogP contribution is 2.29. The van der Waals surface area contributed by atoms with Crippen molar-refractivity contribution in [3.8, 4) is 0 Å². The summed E-state index contributed by atoms with van der Waals surface area (Å²) in [5.74, 6) is -0.260. The van der Waals surface area contributed by atoms with Gasteiger partial charge in [0.2, 0.25) is 0 Å². The third-order valence-corrected chi connectivity index (χ3v) is 5.67. The second kappa shape index (κ2) is 5.87. The molecule has 2 rings (SSSR count). The van der Waals surface area contributed by atoms with Crippen LogP contribution >= 0.6 is 23.2 Å². The topological polar surface area (TPSA) is 78.0 Å². The molecule has 0 atom stereocenters. The molecule has 0 aliphatic carbocycles. The number of benzene rings is 1. The first-order valence-corrected chi connectivity index (χ1v) is 8.66. The summed E-state index contributed by atoms with van der Waals surface area (Å²) in [7, 11) is -3.64. The third-order valence-electron chi connectivity index (χ3n) is 3.07. The Balaban J connectivity index is 2.47. The molecule has 0 unspecified atom stereocenters. The fraction of sp³-hybridized carbons (Fsp3) is 0.308. The van der Waals surface area contributed by atoms with E-state index in [1.165, 1.54) is 18.2 Å². The van der Waals surface area contributed by atoms with Crippen molar-refractivity contribution in [1.29, 1.82) is 0 Å². The summed E-state index contributed by atoms with van der Waals surface area (Å²) in [5.41, 5.74) is 7.06. The minimum absolute atomic E-state index is 0.0379. The summed E-state index contributed by atoms with van der Waals surface area (Å²) in [6.45, 7) is 4.14. The fourth-order valence-corrected chi connectivity index (χ4v) is 4.30. The zero-order valence-corrected chi connectivity index (χ0v) is 13.9. The average molecular weight is 348 g/mol.